The quantitative estimate of drug-likeness (QED) is 0.683. The van der Waals surface area contributed by atoms with Crippen molar-refractivity contribution in [3.63, 3.8) is 0 Å². The zero-order valence-electron chi connectivity index (χ0n) is 13.6. The van der Waals surface area contributed by atoms with E-state index in [2.05, 4.69) is 16.4 Å². The summed E-state index contributed by atoms with van der Waals surface area (Å²) in [6.45, 7) is 0.600. The number of rotatable bonds is 6. The molecule has 122 valence electrons. The van der Waals surface area contributed by atoms with Crippen LogP contribution in [0, 0.1) is 0 Å². The smallest absolute Gasteiger partial charge is 0.244 e. The largest absolute Gasteiger partial charge is 0.497 e. The van der Waals surface area contributed by atoms with Gasteiger partial charge in [0.15, 0.2) is 0 Å². The molecular formula is C20H20N2O2. The van der Waals surface area contributed by atoms with Gasteiger partial charge < -0.3 is 15.0 Å². The van der Waals surface area contributed by atoms with Crippen molar-refractivity contribution in [2.45, 2.75) is 6.42 Å². The maximum Gasteiger partial charge on any atom is 0.244 e. The van der Waals surface area contributed by atoms with E-state index in [1.807, 2.05) is 48.7 Å². The van der Waals surface area contributed by atoms with Crippen molar-refractivity contribution >= 4 is 22.9 Å². The lowest BCUT2D eigenvalue weighted by molar-refractivity contribution is -0.116. The van der Waals surface area contributed by atoms with Crippen LogP contribution in [0.25, 0.3) is 17.0 Å². The van der Waals surface area contributed by atoms with Crippen molar-refractivity contribution in [3.05, 3.63) is 71.9 Å². The van der Waals surface area contributed by atoms with Crippen molar-refractivity contribution in [2.24, 2.45) is 0 Å². The van der Waals surface area contributed by atoms with E-state index in [1.165, 1.54) is 10.9 Å². The molecule has 1 heterocycles. The van der Waals surface area contributed by atoms with Crippen LogP contribution >= 0.6 is 0 Å². The van der Waals surface area contributed by atoms with Gasteiger partial charge >= 0.3 is 0 Å². The molecule has 0 spiro atoms. The Morgan fingerprint density at radius 2 is 2.08 bits per heavy atom. The maximum absolute atomic E-state index is 11.9. The fourth-order valence-electron chi connectivity index (χ4n) is 2.63. The van der Waals surface area contributed by atoms with Gasteiger partial charge in [-0.2, -0.15) is 0 Å². The van der Waals surface area contributed by atoms with E-state index in [-0.39, 0.29) is 5.91 Å². The molecule has 2 N–H and O–H groups in total. The molecule has 0 aliphatic heterocycles. The van der Waals surface area contributed by atoms with Gasteiger partial charge in [-0.15, -0.1) is 0 Å². The van der Waals surface area contributed by atoms with Gasteiger partial charge in [0, 0.05) is 29.7 Å². The first kappa shape index (κ1) is 15.9. The number of aromatic amines is 1. The summed E-state index contributed by atoms with van der Waals surface area (Å²) in [7, 11) is 1.63. The Labute approximate surface area is 141 Å². The fraction of sp³-hybridized carbons (Fsp3) is 0.150. The lowest BCUT2D eigenvalue weighted by Crippen LogP contribution is -2.23. The van der Waals surface area contributed by atoms with E-state index < -0.39 is 0 Å². The van der Waals surface area contributed by atoms with Crippen molar-refractivity contribution in [1.29, 1.82) is 0 Å². The van der Waals surface area contributed by atoms with Gasteiger partial charge in [-0.25, -0.2) is 0 Å². The van der Waals surface area contributed by atoms with Crippen molar-refractivity contribution < 1.29 is 9.53 Å². The number of fused-ring (bicyclic) bond motifs is 1. The topological polar surface area (TPSA) is 54.1 Å². The highest BCUT2D eigenvalue weighted by Crippen LogP contribution is 2.17. The van der Waals surface area contributed by atoms with Gasteiger partial charge in [0.2, 0.25) is 5.91 Å². The highest BCUT2D eigenvalue weighted by molar-refractivity contribution is 5.91. The van der Waals surface area contributed by atoms with Gasteiger partial charge in [-0.3, -0.25) is 4.79 Å². The molecule has 0 bridgehead atoms. The second-order valence-electron chi connectivity index (χ2n) is 5.51. The summed E-state index contributed by atoms with van der Waals surface area (Å²) in [4.78, 5) is 15.2. The molecule has 0 aliphatic rings. The van der Waals surface area contributed by atoms with E-state index in [0.29, 0.717) is 6.54 Å². The summed E-state index contributed by atoms with van der Waals surface area (Å²) >= 11 is 0. The third-order valence-corrected chi connectivity index (χ3v) is 3.89. The molecule has 0 radical (unpaired) electrons. The second kappa shape index (κ2) is 7.51. The molecular weight excluding hydrogens is 300 g/mol. The maximum atomic E-state index is 11.9. The minimum absolute atomic E-state index is 0.0994. The van der Waals surface area contributed by atoms with Crippen LogP contribution in [0.1, 0.15) is 11.1 Å². The minimum atomic E-state index is -0.0994. The Hall–Kier alpha value is -3.01. The monoisotopic (exact) mass is 320 g/mol. The minimum Gasteiger partial charge on any atom is -0.497 e. The summed E-state index contributed by atoms with van der Waals surface area (Å²) in [5, 5.41) is 4.12. The number of amides is 1. The molecule has 24 heavy (non-hydrogen) atoms. The molecule has 0 atom stereocenters. The summed E-state index contributed by atoms with van der Waals surface area (Å²) in [5.41, 5.74) is 3.26. The summed E-state index contributed by atoms with van der Waals surface area (Å²) in [6.07, 6.45) is 6.12. The first-order valence-corrected chi connectivity index (χ1v) is 7.91. The number of para-hydroxylation sites is 1. The number of benzene rings is 2. The number of hydrogen-bond donors (Lipinski definition) is 2. The molecule has 4 heteroatoms. The first-order chi connectivity index (χ1) is 11.8. The van der Waals surface area contributed by atoms with Gasteiger partial charge in [0.25, 0.3) is 0 Å². The van der Waals surface area contributed by atoms with Crippen LogP contribution in [0.5, 0.6) is 5.75 Å². The Bertz CT molecular complexity index is 865. The van der Waals surface area contributed by atoms with Crippen LogP contribution in [0.15, 0.2) is 60.8 Å². The van der Waals surface area contributed by atoms with E-state index >= 15 is 0 Å². The van der Waals surface area contributed by atoms with Crippen LogP contribution in [-0.2, 0) is 11.2 Å². The Morgan fingerprint density at radius 3 is 2.96 bits per heavy atom. The molecule has 2 aromatic carbocycles. The van der Waals surface area contributed by atoms with Gasteiger partial charge in [-0.05, 0) is 41.8 Å². The van der Waals surface area contributed by atoms with Crippen molar-refractivity contribution in [1.82, 2.24) is 10.3 Å². The standard InChI is InChI=1S/C20H20N2O2/c1-24-17-6-4-5-15(13-17)9-10-20(23)21-12-11-16-14-22-19-8-3-2-7-18(16)19/h2-10,13-14,22H,11-12H2,1H3,(H,21,23)/b10-9+. The average molecular weight is 320 g/mol. The first-order valence-electron chi connectivity index (χ1n) is 7.91. The molecule has 0 fully saturated rings. The SMILES string of the molecule is COc1cccc(/C=C/C(=O)NCCc2c[nH]c3ccccc23)c1. The van der Waals surface area contributed by atoms with E-state index in [4.69, 9.17) is 4.74 Å². The van der Waals surface area contributed by atoms with Gasteiger partial charge in [0.1, 0.15) is 5.75 Å². The highest BCUT2D eigenvalue weighted by Gasteiger charge is 2.03. The van der Waals surface area contributed by atoms with Crippen LogP contribution in [0.4, 0.5) is 0 Å². The summed E-state index contributed by atoms with van der Waals surface area (Å²) < 4.78 is 5.17. The number of H-pyrrole nitrogens is 1. The fourth-order valence-corrected chi connectivity index (χ4v) is 2.63. The van der Waals surface area contributed by atoms with E-state index in [9.17, 15) is 4.79 Å². The van der Waals surface area contributed by atoms with Crippen LogP contribution in [-0.4, -0.2) is 24.5 Å². The molecule has 0 saturated carbocycles. The van der Waals surface area contributed by atoms with Crippen LogP contribution < -0.4 is 10.1 Å². The van der Waals surface area contributed by atoms with Crippen molar-refractivity contribution in [3.8, 4) is 5.75 Å². The molecule has 1 amide bonds. The lowest BCUT2D eigenvalue weighted by atomic mass is 10.1. The van der Waals surface area contributed by atoms with Gasteiger partial charge in [0.05, 0.1) is 7.11 Å². The molecule has 4 nitrogen and oxygen atoms in total. The predicted octanol–water partition coefficient (Wildman–Crippen LogP) is 3.55. The number of nitrogens with one attached hydrogen (secondary N) is 2. The number of carbonyl (C=O) groups is 1. The number of hydrogen-bond acceptors (Lipinski definition) is 2. The zero-order valence-corrected chi connectivity index (χ0v) is 13.6. The molecule has 3 rings (SSSR count). The van der Waals surface area contributed by atoms with Crippen LogP contribution in [0.3, 0.4) is 0 Å². The Balaban J connectivity index is 1.53. The molecule has 0 saturated heterocycles. The van der Waals surface area contributed by atoms with E-state index in [0.717, 1.165) is 23.3 Å². The average Bonchev–Trinajstić information content (AvgIpc) is 3.03. The summed E-state index contributed by atoms with van der Waals surface area (Å²) in [5.74, 6) is 0.676. The molecule has 1 aromatic heterocycles. The number of carbonyl (C=O) groups excluding carboxylic acids is 1. The van der Waals surface area contributed by atoms with E-state index in [1.54, 1.807) is 19.3 Å². The zero-order chi connectivity index (χ0) is 16.8. The second-order valence-corrected chi connectivity index (χ2v) is 5.51. The lowest BCUT2D eigenvalue weighted by Gasteiger charge is -2.02. The molecule has 3 aromatic rings. The van der Waals surface area contributed by atoms with Gasteiger partial charge in [-0.1, -0.05) is 30.3 Å². The third-order valence-electron chi connectivity index (χ3n) is 3.89. The highest BCUT2D eigenvalue weighted by atomic mass is 16.5. The predicted molar refractivity (Wildman–Crippen MR) is 97.0 cm³/mol. The van der Waals surface area contributed by atoms with Crippen LogP contribution in [0.2, 0.25) is 0 Å². The number of methoxy groups -OCH3 is 1. The summed E-state index contributed by atoms with van der Waals surface area (Å²) in [6, 6.07) is 15.8. The Kier molecular flexibility index (Phi) is 4.96. The van der Waals surface area contributed by atoms with Crippen molar-refractivity contribution in [2.75, 3.05) is 13.7 Å². The normalized spacial score (nSPS) is 11.0. The Morgan fingerprint density at radius 1 is 1.21 bits per heavy atom. The molecule has 0 aliphatic carbocycles. The number of ether oxygens (including phenoxy) is 1. The number of aromatic nitrogens is 1. The third kappa shape index (κ3) is 3.84. The molecule has 0 unspecified atom stereocenters.